The van der Waals surface area contributed by atoms with Crippen LogP contribution >= 0.6 is 0 Å². The normalized spacial score (nSPS) is 14.5. The molecule has 0 unspecified atom stereocenters. The van der Waals surface area contributed by atoms with Gasteiger partial charge in [-0.2, -0.15) is 0 Å². The first-order chi connectivity index (χ1) is 11.7. The van der Waals surface area contributed by atoms with E-state index in [0.29, 0.717) is 0 Å². The van der Waals surface area contributed by atoms with Gasteiger partial charge in [0.25, 0.3) is 0 Å². The van der Waals surface area contributed by atoms with Gasteiger partial charge in [0.15, 0.2) is 0 Å². The standard InChI is InChI=1S/C21H21N3/c1-15-13-20(24-12-11-16-7-5-6-10-19(16)24)23-14-18(15)21(22)17-8-3-2-4-9-17/h2-10,13-14,21H,11-12,22H2,1H3/t21-/m1/s1. The number of aromatic nitrogens is 1. The molecule has 0 radical (unpaired) electrons. The minimum Gasteiger partial charge on any atom is -0.326 e. The van der Waals surface area contributed by atoms with Gasteiger partial charge in [0.1, 0.15) is 5.82 Å². The average molecular weight is 315 g/mol. The molecule has 1 aromatic heterocycles. The minimum atomic E-state index is -0.140. The highest BCUT2D eigenvalue weighted by atomic mass is 15.2. The van der Waals surface area contributed by atoms with E-state index in [-0.39, 0.29) is 6.04 Å². The molecule has 2 N–H and O–H groups in total. The third-order valence-corrected chi connectivity index (χ3v) is 4.79. The number of benzene rings is 2. The van der Waals surface area contributed by atoms with Crippen molar-refractivity contribution in [3.05, 3.63) is 89.1 Å². The average Bonchev–Trinajstić information content (AvgIpc) is 3.06. The molecular weight excluding hydrogens is 294 g/mol. The number of hydrogen-bond donors (Lipinski definition) is 1. The van der Waals surface area contributed by atoms with E-state index in [0.717, 1.165) is 29.9 Å². The number of fused-ring (bicyclic) bond motifs is 1. The molecule has 3 nitrogen and oxygen atoms in total. The quantitative estimate of drug-likeness (QED) is 0.790. The topological polar surface area (TPSA) is 42.2 Å². The van der Waals surface area contributed by atoms with Crippen LogP contribution in [-0.2, 0) is 6.42 Å². The van der Waals surface area contributed by atoms with E-state index in [2.05, 4.69) is 54.3 Å². The van der Waals surface area contributed by atoms with Crippen LogP contribution in [0.1, 0.15) is 28.3 Å². The lowest BCUT2D eigenvalue weighted by Gasteiger charge is -2.21. The molecule has 3 aromatic rings. The lowest BCUT2D eigenvalue weighted by Crippen LogP contribution is -2.17. The summed E-state index contributed by atoms with van der Waals surface area (Å²) in [6.45, 7) is 3.10. The zero-order valence-electron chi connectivity index (χ0n) is 13.8. The van der Waals surface area contributed by atoms with Crippen LogP contribution in [-0.4, -0.2) is 11.5 Å². The Bertz CT molecular complexity index is 858. The summed E-state index contributed by atoms with van der Waals surface area (Å²) in [6, 6.07) is 20.7. The molecule has 1 aliphatic rings. The maximum atomic E-state index is 6.44. The Hall–Kier alpha value is -2.65. The Balaban J connectivity index is 1.66. The molecule has 2 heterocycles. The Morgan fingerprint density at radius 1 is 1.04 bits per heavy atom. The Kier molecular flexibility index (Phi) is 3.79. The number of pyridine rings is 1. The Morgan fingerprint density at radius 3 is 2.58 bits per heavy atom. The Morgan fingerprint density at radius 2 is 1.79 bits per heavy atom. The summed E-state index contributed by atoms with van der Waals surface area (Å²) in [5, 5.41) is 0. The zero-order chi connectivity index (χ0) is 16.5. The molecule has 0 aliphatic carbocycles. The smallest absolute Gasteiger partial charge is 0.133 e. The summed E-state index contributed by atoms with van der Waals surface area (Å²) in [5.41, 5.74) is 12.5. The van der Waals surface area contributed by atoms with Gasteiger partial charge < -0.3 is 10.6 Å². The first-order valence-corrected chi connectivity index (χ1v) is 8.36. The van der Waals surface area contributed by atoms with Crippen LogP contribution < -0.4 is 10.6 Å². The zero-order valence-corrected chi connectivity index (χ0v) is 13.8. The molecule has 0 amide bonds. The molecule has 1 atom stereocenters. The minimum absolute atomic E-state index is 0.140. The van der Waals surface area contributed by atoms with E-state index in [4.69, 9.17) is 10.7 Å². The molecule has 1 aliphatic heterocycles. The maximum absolute atomic E-state index is 6.44. The molecular formula is C21H21N3. The number of nitrogens with zero attached hydrogens (tertiary/aromatic N) is 2. The van der Waals surface area contributed by atoms with Gasteiger partial charge in [0.05, 0.1) is 6.04 Å². The summed E-state index contributed by atoms with van der Waals surface area (Å²) >= 11 is 0. The third-order valence-electron chi connectivity index (χ3n) is 4.79. The second kappa shape index (κ2) is 6.10. The fourth-order valence-corrected chi connectivity index (χ4v) is 3.44. The van der Waals surface area contributed by atoms with Gasteiger partial charge in [-0.05, 0) is 47.7 Å². The van der Waals surface area contributed by atoms with E-state index in [9.17, 15) is 0 Å². The van der Waals surface area contributed by atoms with Crippen molar-refractivity contribution in [3.63, 3.8) is 0 Å². The van der Waals surface area contributed by atoms with E-state index in [1.54, 1.807) is 0 Å². The lowest BCUT2D eigenvalue weighted by molar-refractivity contribution is 0.849. The van der Waals surface area contributed by atoms with Crippen LogP contribution in [0.5, 0.6) is 0 Å². The second-order valence-electron chi connectivity index (χ2n) is 6.32. The molecule has 120 valence electrons. The molecule has 0 saturated carbocycles. The monoisotopic (exact) mass is 315 g/mol. The van der Waals surface area contributed by atoms with Gasteiger partial charge >= 0.3 is 0 Å². The van der Waals surface area contributed by atoms with Crippen molar-refractivity contribution in [2.24, 2.45) is 5.73 Å². The highest BCUT2D eigenvalue weighted by Crippen LogP contribution is 2.34. The van der Waals surface area contributed by atoms with Gasteiger partial charge in [0.2, 0.25) is 0 Å². The van der Waals surface area contributed by atoms with Crippen molar-refractivity contribution in [1.29, 1.82) is 0 Å². The summed E-state index contributed by atoms with van der Waals surface area (Å²) < 4.78 is 0. The summed E-state index contributed by atoms with van der Waals surface area (Å²) in [5.74, 6) is 1.00. The predicted octanol–water partition coefficient (Wildman–Crippen LogP) is 4.13. The van der Waals surface area contributed by atoms with Gasteiger partial charge in [-0.25, -0.2) is 4.98 Å². The molecule has 0 saturated heterocycles. The predicted molar refractivity (Wildman–Crippen MR) is 98.6 cm³/mol. The van der Waals surface area contributed by atoms with Gasteiger partial charge in [-0.15, -0.1) is 0 Å². The SMILES string of the molecule is Cc1cc(N2CCc3ccccc32)ncc1[C@H](N)c1ccccc1. The van der Waals surface area contributed by atoms with Crippen LogP contribution in [0.25, 0.3) is 0 Å². The third kappa shape index (κ3) is 2.57. The highest BCUT2D eigenvalue weighted by Gasteiger charge is 2.21. The number of nitrogens with two attached hydrogens (primary N) is 1. The molecule has 4 rings (SSSR count). The van der Waals surface area contributed by atoms with Crippen molar-refractivity contribution in [2.75, 3.05) is 11.4 Å². The van der Waals surface area contributed by atoms with Crippen molar-refractivity contribution in [2.45, 2.75) is 19.4 Å². The number of aryl methyl sites for hydroxylation is 1. The van der Waals surface area contributed by atoms with Gasteiger partial charge in [-0.1, -0.05) is 48.5 Å². The van der Waals surface area contributed by atoms with Crippen LogP contribution in [0.15, 0.2) is 66.9 Å². The largest absolute Gasteiger partial charge is 0.326 e. The number of para-hydroxylation sites is 1. The van der Waals surface area contributed by atoms with Crippen molar-refractivity contribution < 1.29 is 0 Å². The lowest BCUT2D eigenvalue weighted by atomic mass is 9.97. The van der Waals surface area contributed by atoms with Gasteiger partial charge in [0, 0.05) is 18.4 Å². The van der Waals surface area contributed by atoms with Gasteiger partial charge in [-0.3, -0.25) is 0 Å². The van der Waals surface area contributed by atoms with E-state index < -0.39 is 0 Å². The maximum Gasteiger partial charge on any atom is 0.133 e. The number of hydrogen-bond acceptors (Lipinski definition) is 3. The summed E-state index contributed by atoms with van der Waals surface area (Å²) in [6.07, 6.45) is 3.01. The number of rotatable bonds is 3. The molecule has 24 heavy (non-hydrogen) atoms. The fourth-order valence-electron chi connectivity index (χ4n) is 3.44. The summed E-state index contributed by atoms with van der Waals surface area (Å²) in [7, 11) is 0. The van der Waals surface area contributed by atoms with Crippen LogP contribution in [0, 0.1) is 6.92 Å². The van der Waals surface area contributed by atoms with Crippen molar-refractivity contribution in [1.82, 2.24) is 4.98 Å². The van der Waals surface area contributed by atoms with E-state index in [1.807, 2.05) is 24.4 Å². The molecule has 0 fully saturated rings. The van der Waals surface area contributed by atoms with Crippen molar-refractivity contribution >= 4 is 11.5 Å². The first kappa shape index (κ1) is 14.9. The van der Waals surface area contributed by atoms with Crippen LogP contribution in [0.3, 0.4) is 0 Å². The van der Waals surface area contributed by atoms with Crippen LogP contribution in [0.2, 0.25) is 0 Å². The molecule has 0 bridgehead atoms. The van der Waals surface area contributed by atoms with Crippen molar-refractivity contribution in [3.8, 4) is 0 Å². The molecule has 3 heteroatoms. The highest BCUT2D eigenvalue weighted by molar-refractivity contribution is 5.68. The molecule has 2 aromatic carbocycles. The van der Waals surface area contributed by atoms with E-state index >= 15 is 0 Å². The fraction of sp³-hybridized carbons (Fsp3) is 0.190. The summed E-state index contributed by atoms with van der Waals surface area (Å²) in [4.78, 5) is 7.00. The second-order valence-corrected chi connectivity index (χ2v) is 6.32. The number of anilines is 2. The van der Waals surface area contributed by atoms with Crippen LogP contribution in [0.4, 0.5) is 11.5 Å². The molecule has 0 spiro atoms. The first-order valence-electron chi connectivity index (χ1n) is 8.36. The van der Waals surface area contributed by atoms with E-state index in [1.165, 1.54) is 16.8 Å². The Labute approximate surface area is 142 Å².